The molecule has 5 heteroatoms. The smallest absolute Gasteiger partial charge is 0.324 e. The van der Waals surface area contributed by atoms with Crippen LogP contribution in [0.4, 0.5) is 0 Å². The summed E-state index contributed by atoms with van der Waals surface area (Å²) in [4.78, 5) is 18.0. The molecule has 0 aromatic rings. The van der Waals surface area contributed by atoms with Crippen LogP contribution in [0.3, 0.4) is 0 Å². The zero-order valence-electron chi connectivity index (χ0n) is 8.19. The lowest BCUT2D eigenvalue weighted by Gasteiger charge is -2.30. The minimum atomic E-state index is -4.15. The second-order valence-electron chi connectivity index (χ2n) is 3.24. The van der Waals surface area contributed by atoms with Crippen molar-refractivity contribution in [3.05, 3.63) is 0 Å². The lowest BCUT2D eigenvalue weighted by molar-refractivity contribution is 0.288. The molecule has 0 radical (unpaired) electrons. The van der Waals surface area contributed by atoms with E-state index in [9.17, 15) is 4.57 Å². The highest BCUT2D eigenvalue weighted by Crippen LogP contribution is 2.51. The van der Waals surface area contributed by atoms with Gasteiger partial charge in [-0.25, -0.2) is 0 Å². The van der Waals surface area contributed by atoms with E-state index in [4.69, 9.17) is 15.0 Å². The maximum absolute atomic E-state index is 11.0. The highest BCUT2D eigenvalue weighted by Gasteiger charge is 2.42. The highest BCUT2D eigenvalue weighted by molar-refractivity contribution is 7.52. The Morgan fingerprint density at radius 2 is 1.85 bits per heavy atom. The number of hydrogen-bond donors (Lipinski definition) is 2. The van der Waals surface area contributed by atoms with E-state index in [0.717, 1.165) is 0 Å². The molecule has 0 heterocycles. The minimum absolute atomic E-state index is 0.465. The molecule has 0 amide bonds. The molecule has 0 spiro atoms. The summed E-state index contributed by atoms with van der Waals surface area (Å²) in [7, 11) is -4.15. The fourth-order valence-corrected chi connectivity index (χ4v) is 2.48. The Morgan fingerprint density at radius 1 is 1.46 bits per heavy atom. The van der Waals surface area contributed by atoms with E-state index in [1.165, 1.54) is 6.92 Å². The molecule has 0 bridgehead atoms. The first-order valence-corrected chi connectivity index (χ1v) is 5.98. The van der Waals surface area contributed by atoms with Gasteiger partial charge in [0, 0.05) is 0 Å². The van der Waals surface area contributed by atoms with E-state index in [0.29, 0.717) is 12.8 Å². The van der Waals surface area contributed by atoms with Crippen molar-refractivity contribution in [3.63, 3.8) is 0 Å². The Hall–Kier alpha value is -0.360. The fraction of sp³-hybridized carbons (Fsp3) is 0.875. The number of nitriles is 1. The normalized spacial score (nSPS) is 15.1. The fourth-order valence-electron chi connectivity index (χ4n) is 1.41. The summed E-state index contributed by atoms with van der Waals surface area (Å²) in [6.07, 6.45) is 0.929. The summed E-state index contributed by atoms with van der Waals surface area (Å²) in [5.74, 6) is 0. The third-order valence-corrected chi connectivity index (χ3v) is 4.29. The van der Waals surface area contributed by atoms with E-state index >= 15 is 0 Å². The van der Waals surface area contributed by atoms with E-state index in [-0.39, 0.29) is 0 Å². The van der Waals surface area contributed by atoms with Gasteiger partial charge in [-0.3, -0.25) is 4.57 Å². The van der Waals surface area contributed by atoms with Gasteiger partial charge in [0.15, 0.2) is 0 Å². The van der Waals surface area contributed by atoms with Gasteiger partial charge in [0.05, 0.1) is 17.1 Å². The molecule has 0 rings (SSSR count). The van der Waals surface area contributed by atoms with Crippen LogP contribution < -0.4 is 0 Å². The predicted molar refractivity (Wildman–Crippen MR) is 50.1 cm³/mol. The zero-order valence-corrected chi connectivity index (χ0v) is 9.08. The zero-order chi connectivity index (χ0) is 10.7. The molecule has 0 aromatic carbocycles. The molecule has 4 nitrogen and oxygen atoms in total. The van der Waals surface area contributed by atoms with Gasteiger partial charge in [0.2, 0.25) is 0 Å². The van der Waals surface area contributed by atoms with E-state index in [1.54, 1.807) is 13.8 Å². The maximum atomic E-state index is 11.0. The van der Waals surface area contributed by atoms with Crippen LogP contribution in [-0.2, 0) is 4.57 Å². The van der Waals surface area contributed by atoms with Crippen LogP contribution in [0.1, 0.15) is 33.6 Å². The van der Waals surface area contributed by atoms with Crippen LogP contribution in [0.2, 0.25) is 0 Å². The minimum Gasteiger partial charge on any atom is -0.324 e. The van der Waals surface area contributed by atoms with Crippen LogP contribution >= 0.6 is 7.60 Å². The molecule has 1 unspecified atom stereocenters. The molecule has 1 atom stereocenters. The second-order valence-corrected chi connectivity index (χ2v) is 5.19. The standard InChI is InChI=1S/C8H16NO3P/c1-4-8(5-2,6-9)7(3)13(10,11)12/h7H,4-5H2,1-3H3,(H2,10,11,12). The predicted octanol–water partition coefficient (Wildman–Crippen LogP) is 1.88. The molecule has 13 heavy (non-hydrogen) atoms. The Labute approximate surface area is 78.7 Å². The average molecular weight is 205 g/mol. The van der Waals surface area contributed by atoms with Crippen molar-refractivity contribution in [1.82, 2.24) is 0 Å². The summed E-state index contributed by atoms with van der Waals surface area (Å²) in [6.45, 7) is 4.99. The van der Waals surface area contributed by atoms with Gasteiger partial charge >= 0.3 is 7.60 Å². The summed E-state index contributed by atoms with van der Waals surface area (Å²) in [5.41, 5.74) is -1.78. The van der Waals surface area contributed by atoms with Gasteiger partial charge in [-0.1, -0.05) is 13.8 Å². The van der Waals surface area contributed by atoms with Crippen molar-refractivity contribution >= 4 is 7.60 Å². The van der Waals surface area contributed by atoms with Crippen molar-refractivity contribution in [2.75, 3.05) is 0 Å². The first-order chi connectivity index (χ1) is 5.84. The van der Waals surface area contributed by atoms with Gasteiger partial charge in [0.1, 0.15) is 0 Å². The van der Waals surface area contributed by atoms with Crippen LogP contribution in [0.15, 0.2) is 0 Å². The third-order valence-electron chi connectivity index (χ3n) is 2.79. The van der Waals surface area contributed by atoms with Crippen molar-refractivity contribution in [3.8, 4) is 6.07 Å². The van der Waals surface area contributed by atoms with Crippen LogP contribution in [0.25, 0.3) is 0 Å². The van der Waals surface area contributed by atoms with Gasteiger partial charge < -0.3 is 9.79 Å². The lowest BCUT2D eigenvalue weighted by atomic mass is 9.81. The molecule has 0 saturated heterocycles. The molecule has 0 saturated carbocycles. The summed E-state index contributed by atoms with van der Waals surface area (Å²) in [5, 5.41) is 8.92. The first-order valence-electron chi connectivity index (χ1n) is 4.30. The van der Waals surface area contributed by atoms with E-state index in [2.05, 4.69) is 0 Å². The second kappa shape index (κ2) is 4.23. The molecule has 0 aliphatic heterocycles. The molecular formula is C8H16NO3P. The molecule has 76 valence electrons. The van der Waals surface area contributed by atoms with Gasteiger partial charge in [-0.05, 0) is 19.8 Å². The maximum Gasteiger partial charge on any atom is 0.329 e. The molecule has 0 aliphatic carbocycles. The Balaban J connectivity index is 4.99. The Bertz CT molecular complexity index is 249. The van der Waals surface area contributed by atoms with Gasteiger partial charge in [-0.15, -0.1) is 0 Å². The van der Waals surface area contributed by atoms with Crippen molar-refractivity contribution in [2.24, 2.45) is 5.41 Å². The molecule has 2 N–H and O–H groups in total. The monoisotopic (exact) mass is 205 g/mol. The highest BCUT2D eigenvalue weighted by atomic mass is 31.2. The SMILES string of the molecule is CCC(C#N)(CC)C(C)P(=O)(O)O. The summed E-state index contributed by atoms with van der Waals surface area (Å²) < 4.78 is 11.0. The van der Waals surface area contributed by atoms with E-state index < -0.39 is 18.7 Å². The van der Waals surface area contributed by atoms with Crippen molar-refractivity contribution in [2.45, 2.75) is 39.3 Å². The Morgan fingerprint density at radius 3 is 1.92 bits per heavy atom. The number of nitrogens with zero attached hydrogens (tertiary/aromatic N) is 1. The van der Waals surface area contributed by atoms with E-state index in [1.807, 2.05) is 6.07 Å². The average Bonchev–Trinajstić information content (AvgIpc) is 2.07. The van der Waals surface area contributed by atoms with Gasteiger partial charge in [-0.2, -0.15) is 5.26 Å². The molecular weight excluding hydrogens is 189 g/mol. The third kappa shape index (κ3) is 2.54. The van der Waals surface area contributed by atoms with Crippen molar-refractivity contribution in [1.29, 1.82) is 5.26 Å². The lowest BCUT2D eigenvalue weighted by Crippen LogP contribution is -2.30. The molecule has 0 fully saturated rings. The quantitative estimate of drug-likeness (QED) is 0.686. The first kappa shape index (κ1) is 12.6. The topological polar surface area (TPSA) is 81.3 Å². The summed E-state index contributed by atoms with van der Waals surface area (Å²) >= 11 is 0. The Kier molecular flexibility index (Phi) is 4.12. The van der Waals surface area contributed by atoms with Crippen LogP contribution in [0.5, 0.6) is 0 Å². The van der Waals surface area contributed by atoms with Crippen LogP contribution in [-0.4, -0.2) is 15.4 Å². The van der Waals surface area contributed by atoms with Crippen LogP contribution in [0, 0.1) is 16.7 Å². The molecule has 0 aliphatic rings. The molecule has 0 aromatic heterocycles. The largest absolute Gasteiger partial charge is 0.329 e. The van der Waals surface area contributed by atoms with Gasteiger partial charge in [0.25, 0.3) is 0 Å². The number of rotatable bonds is 4. The number of hydrogen-bond acceptors (Lipinski definition) is 2. The summed E-state index contributed by atoms with van der Waals surface area (Å²) in [6, 6.07) is 2.03. The van der Waals surface area contributed by atoms with Crippen molar-refractivity contribution < 1.29 is 14.4 Å².